The lowest BCUT2D eigenvalue weighted by atomic mass is 10.2. The molecular formula is C11H12Cl2N2OS. The molecule has 0 aromatic carbocycles. The van der Waals surface area contributed by atoms with E-state index < -0.39 is 0 Å². The fourth-order valence-corrected chi connectivity index (χ4v) is 3.00. The number of carbonyl (C=O) groups excluding carboxylic acids is 1. The van der Waals surface area contributed by atoms with Crippen LogP contribution in [0.25, 0.3) is 0 Å². The van der Waals surface area contributed by atoms with Crippen molar-refractivity contribution >= 4 is 40.9 Å². The number of aromatic nitrogens is 1. The first kappa shape index (κ1) is 13.0. The third-order valence-electron chi connectivity index (χ3n) is 2.55. The van der Waals surface area contributed by atoms with Gasteiger partial charge in [0.2, 0.25) is 0 Å². The van der Waals surface area contributed by atoms with Gasteiger partial charge in [-0.05, 0) is 24.3 Å². The van der Waals surface area contributed by atoms with Gasteiger partial charge < -0.3 is 4.90 Å². The maximum atomic E-state index is 12.2. The lowest BCUT2D eigenvalue weighted by Crippen LogP contribution is -2.33. The molecule has 0 bridgehead atoms. The van der Waals surface area contributed by atoms with E-state index in [0.29, 0.717) is 10.7 Å². The van der Waals surface area contributed by atoms with E-state index in [1.54, 1.807) is 12.1 Å². The van der Waals surface area contributed by atoms with E-state index in [1.165, 1.54) is 0 Å². The predicted octanol–water partition coefficient (Wildman–Crippen LogP) is 2.97. The van der Waals surface area contributed by atoms with Crippen molar-refractivity contribution in [2.45, 2.75) is 6.42 Å². The first-order chi connectivity index (χ1) is 8.18. The van der Waals surface area contributed by atoms with E-state index in [-0.39, 0.29) is 11.1 Å². The first-order valence-corrected chi connectivity index (χ1v) is 7.28. The lowest BCUT2D eigenvalue weighted by Gasteiger charge is -2.20. The van der Waals surface area contributed by atoms with Crippen molar-refractivity contribution in [3.05, 3.63) is 28.0 Å². The monoisotopic (exact) mass is 290 g/mol. The molecule has 3 nitrogen and oxygen atoms in total. The molecule has 6 heteroatoms. The molecule has 92 valence electrons. The third-order valence-corrected chi connectivity index (χ3v) is 4.10. The van der Waals surface area contributed by atoms with Gasteiger partial charge in [0.15, 0.2) is 0 Å². The average Bonchev–Trinajstić information content (AvgIpc) is 2.56. The standard InChI is InChI=1S/C11H12Cl2N2OS/c12-9-3-2-8(10(13)14-9)11(16)15-4-1-6-17-7-5-15/h2-3H,1,4-7H2. The number of thioether (sulfide) groups is 1. The lowest BCUT2D eigenvalue weighted by molar-refractivity contribution is 0.0768. The summed E-state index contributed by atoms with van der Waals surface area (Å²) in [6, 6.07) is 3.23. The van der Waals surface area contributed by atoms with E-state index in [0.717, 1.165) is 31.0 Å². The second kappa shape index (κ2) is 5.94. The van der Waals surface area contributed by atoms with E-state index in [1.807, 2.05) is 16.7 Å². The molecule has 0 aliphatic carbocycles. The molecule has 1 aliphatic heterocycles. The van der Waals surface area contributed by atoms with Crippen LogP contribution in [0, 0.1) is 0 Å². The van der Waals surface area contributed by atoms with Gasteiger partial charge in [-0.15, -0.1) is 0 Å². The van der Waals surface area contributed by atoms with Crippen LogP contribution in [-0.4, -0.2) is 40.4 Å². The fourth-order valence-electron chi connectivity index (χ4n) is 1.69. The quantitative estimate of drug-likeness (QED) is 0.746. The number of amides is 1. The van der Waals surface area contributed by atoms with Crippen molar-refractivity contribution in [3.63, 3.8) is 0 Å². The topological polar surface area (TPSA) is 33.2 Å². The van der Waals surface area contributed by atoms with Crippen LogP contribution < -0.4 is 0 Å². The van der Waals surface area contributed by atoms with Gasteiger partial charge in [-0.3, -0.25) is 4.79 Å². The summed E-state index contributed by atoms with van der Waals surface area (Å²) in [5.41, 5.74) is 0.433. The summed E-state index contributed by atoms with van der Waals surface area (Å²) in [5.74, 6) is 2.03. The smallest absolute Gasteiger partial charge is 0.257 e. The molecule has 1 amide bonds. The van der Waals surface area contributed by atoms with Crippen LogP contribution in [0.5, 0.6) is 0 Å². The molecule has 17 heavy (non-hydrogen) atoms. The molecule has 1 aliphatic rings. The molecule has 1 aromatic rings. The van der Waals surface area contributed by atoms with Crippen molar-refractivity contribution in [2.75, 3.05) is 24.6 Å². The summed E-state index contributed by atoms with van der Waals surface area (Å²) < 4.78 is 0. The highest BCUT2D eigenvalue weighted by molar-refractivity contribution is 7.99. The zero-order chi connectivity index (χ0) is 12.3. The van der Waals surface area contributed by atoms with Crippen LogP contribution in [-0.2, 0) is 0 Å². The Labute approximate surface area is 114 Å². The third kappa shape index (κ3) is 3.27. The van der Waals surface area contributed by atoms with Crippen molar-refractivity contribution < 1.29 is 4.79 Å². The minimum Gasteiger partial charge on any atom is -0.338 e. The van der Waals surface area contributed by atoms with E-state index in [9.17, 15) is 4.79 Å². The summed E-state index contributed by atoms with van der Waals surface area (Å²) in [4.78, 5) is 18.0. The normalized spacial score (nSPS) is 16.7. The zero-order valence-corrected chi connectivity index (χ0v) is 11.5. The molecule has 1 aromatic heterocycles. The van der Waals surface area contributed by atoms with Crippen LogP contribution in [0.4, 0.5) is 0 Å². The molecule has 1 saturated heterocycles. The first-order valence-electron chi connectivity index (χ1n) is 5.37. The summed E-state index contributed by atoms with van der Waals surface area (Å²) in [6.45, 7) is 1.55. The minimum atomic E-state index is -0.0540. The molecule has 1 fully saturated rings. The van der Waals surface area contributed by atoms with Gasteiger partial charge in [-0.2, -0.15) is 11.8 Å². The van der Waals surface area contributed by atoms with Crippen molar-refractivity contribution in [3.8, 4) is 0 Å². The number of rotatable bonds is 1. The van der Waals surface area contributed by atoms with Crippen LogP contribution >= 0.6 is 35.0 Å². The fraction of sp³-hybridized carbons (Fsp3) is 0.455. The predicted molar refractivity (Wildman–Crippen MR) is 72.1 cm³/mol. The second-order valence-corrected chi connectivity index (χ2v) is 5.70. The molecular weight excluding hydrogens is 279 g/mol. The highest BCUT2D eigenvalue weighted by atomic mass is 35.5. The van der Waals surface area contributed by atoms with Crippen LogP contribution in [0.15, 0.2) is 12.1 Å². The molecule has 0 saturated carbocycles. The second-order valence-electron chi connectivity index (χ2n) is 3.73. The Morgan fingerprint density at radius 2 is 2.12 bits per heavy atom. The summed E-state index contributed by atoms with van der Waals surface area (Å²) in [6.07, 6.45) is 1.02. The molecule has 0 atom stereocenters. The van der Waals surface area contributed by atoms with Gasteiger partial charge in [0.05, 0.1) is 5.56 Å². The molecule has 0 N–H and O–H groups in total. The Morgan fingerprint density at radius 1 is 1.29 bits per heavy atom. The highest BCUT2D eigenvalue weighted by Gasteiger charge is 2.20. The van der Waals surface area contributed by atoms with E-state index in [2.05, 4.69) is 4.98 Å². The number of pyridine rings is 1. The maximum absolute atomic E-state index is 12.2. The molecule has 2 heterocycles. The van der Waals surface area contributed by atoms with E-state index in [4.69, 9.17) is 23.2 Å². The number of carbonyl (C=O) groups is 1. The van der Waals surface area contributed by atoms with Crippen molar-refractivity contribution in [2.24, 2.45) is 0 Å². The maximum Gasteiger partial charge on any atom is 0.257 e. The van der Waals surface area contributed by atoms with Gasteiger partial charge in [0.25, 0.3) is 5.91 Å². The molecule has 2 rings (SSSR count). The average molecular weight is 291 g/mol. The van der Waals surface area contributed by atoms with Crippen molar-refractivity contribution in [1.29, 1.82) is 0 Å². The van der Waals surface area contributed by atoms with Gasteiger partial charge in [0.1, 0.15) is 10.3 Å². The molecule has 0 radical (unpaired) electrons. The number of halogens is 2. The Morgan fingerprint density at radius 3 is 2.88 bits per heavy atom. The summed E-state index contributed by atoms with van der Waals surface area (Å²) in [7, 11) is 0. The number of hydrogen-bond acceptors (Lipinski definition) is 3. The van der Waals surface area contributed by atoms with E-state index >= 15 is 0 Å². The molecule has 0 unspecified atom stereocenters. The Kier molecular flexibility index (Phi) is 4.54. The largest absolute Gasteiger partial charge is 0.338 e. The van der Waals surface area contributed by atoms with Gasteiger partial charge in [-0.25, -0.2) is 4.98 Å². The molecule has 0 spiro atoms. The summed E-state index contributed by atoms with van der Waals surface area (Å²) in [5, 5.41) is 0.484. The summed E-state index contributed by atoms with van der Waals surface area (Å²) >= 11 is 13.5. The number of nitrogens with zero attached hydrogens (tertiary/aromatic N) is 2. The van der Waals surface area contributed by atoms with Crippen LogP contribution in [0.2, 0.25) is 10.3 Å². The minimum absolute atomic E-state index is 0.0540. The Balaban J connectivity index is 2.17. The zero-order valence-electron chi connectivity index (χ0n) is 9.16. The van der Waals surface area contributed by atoms with Gasteiger partial charge in [-0.1, -0.05) is 23.2 Å². The number of hydrogen-bond donors (Lipinski definition) is 0. The van der Waals surface area contributed by atoms with Crippen LogP contribution in [0.3, 0.4) is 0 Å². The Bertz CT molecular complexity index is 420. The Hall–Kier alpha value is -0.450. The van der Waals surface area contributed by atoms with Gasteiger partial charge in [0, 0.05) is 18.8 Å². The SMILES string of the molecule is O=C(c1ccc(Cl)nc1Cl)N1CCCSCC1. The highest BCUT2D eigenvalue weighted by Crippen LogP contribution is 2.20. The van der Waals surface area contributed by atoms with Crippen molar-refractivity contribution in [1.82, 2.24) is 9.88 Å². The van der Waals surface area contributed by atoms with Crippen LogP contribution in [0.1, 0.15) is 16.8 Å². The van der Waals surface area contributed by atoms with Gasteiger partial charge >= 0.3 is 0 Å².